The molecule has 0 fully saturated rings. The molecule has 3 aromatic rings. The van der Waals surface area contributed by atoms with Gasteiger partial charge in [-0.3, -0.25) is 0 Å². The molecule has 1 nitrogen and oxygen atoms in total. The second kappa shape index (κ2) is 6.79. The summed E-state index contributed by atoms with van der Waals surface area (Å²) in [6.45, 7) is 0. The molecule has 0 radical (unpaired) electrons. The number of rotatable bonds is 4. The molecular formula is C20H15F3O. The van der Waals surface area contributed by atoms with Crippen molar-refractivity contribution in [1.82, 2.24) is 0 Å². The quantitative estimate of drug-likeness (QED) is 0.699. The molecule has 1 unspecified atom stereocenters. The molecule has 1 N–H and O–H groups in total. The van der Waals surface area contributed by atoms with Gasteiger partial charge in [0.25, 0.3) is 0 Å². The zero-order valence-electron chi connectivity index (χ0n) is 12.7. The third kappa shape index (κ3) is 3.59. The Morgan fingerprint density at radius 1 is 0.708 bits per heavy atom. The Kier molecular flexibility index (Phi) is 4.56. The summed E-state index contributed by atoms with van der Waals surface area (Å²) < 4.78 is 40.1. The van der Waals surface area contributed by atoms with Crippen LogP contribution in [0.15, 0.2) is 66.7 Å². The van der Waals surface area contributed by atoms with Crippen LogP contribution < -0.4 is 0 Å². The fourth-order valence-corrected chi connectivity index (χ4v) is 2.72. The van der Waals surface area contributed by atoms with Gasteiger partial charge in [0.1, 0.15) is 11.6 Å². The van der Waals surface area contributed by atoms with Crippen molar-refractivity contribution in [3.8, 4) is 5.75 Å². The van der Waals surface area contributed by atoms with Crippen molar-refractivity contribution in [2.75, 3.05) is 0 Å². The van der Waals surface area contributed by atoms with Gasteiger partial charge in [-0.2, -0.15) is 0 Å². The van der Waals surface area contributed by atoms with Gasteiger partial charge in [-0.1, -0.05) is 30.3 Å². The summed E-state index contributed by atoms with van der Waals surface area (Å²) >= 11 is 0. The smallest absolute Gasteiger partial charge is 0.165 e. The third-order valence-corrected chi connectivity index (χ3v) is 4.00. The number of benzene rings is 3. The van der Waals surface area contributed by atoms with Crippen LogP contribution in [0, 0.1) is 17.5 Å². The average molecular weight is 328 g/mol. The minimum Gasteiger partial charge on any atom is -0.505 e. The molecule has 0 aliphatic heterocycles. The van der Waals surface area contributed by atoms with E-state index in [1.54, 1.807) is 30.3 Å². The maximum absolute atomic E-state index is 13.8. The number of phenols is 1. The highest BCUT2D eigenvalue weighted by molar-refractivity contribution is 5.38. The second-order valence-corrected chi connectivity index (χ2v) is 5.65. The Balaban J connectivity index is 2.00. The van der Waals surface area contributed by atoms with Gasteiger partial charge in [0.05, 0.1) is 0 Å². The lowest BCUT2D eigenvalue weighted by Gasteiger charge is -2.19. The van der Waals surface area contributed by atoms with E-state index in [2.05, 4.69) is 0 Å². The van der Waals surface area contributed by atoms with Crippen molar-refractivity contribution in [3.63, 3.8) is 0 Å². The fourth-order valence-electron chi connectivity index (χ4n) is 2.72. The molecule has 0 spiro atoms. The first kappa shape index (κ1) is 16.1. The lowest BCUT2D eigenvalue weighted by atomic mass is 9.86. The molecule has 0 bridgehead atoms. The Morgan fingerprint density at radius 3 is 1.83 bits per heavy atom. The molecule has 0 aliphatic carbocycles. The van der Waals surface area contributed by atoms with Crippen LogP contribution in [-0.4, -0.2) is 5.11 Å². The van der Waals surface area contributed by atoms with Gasteiger partial charge in [-0.05, 0) is 59.5 Å². The standard InChI is InChI=1S/C20H15F3O/c21-16-6-1-13(2-7-16)11-18(14-3-8-17(22)9-4-14)15-5-10-20(24)19(23)12-15/h1-10,12,18,24H,11H2. The zero-order valence-corrected chi connectivity index (χ0v) is 12.7. The Hall–Kier alpha value is -2.75. The molecule has 0 saturated carbocycles. The summed E-state index contributed by atoms with van der Waals surface area (Å²) in [5.41, 5.74) is 2.34. The number of hydrogen-bond acceptors (Lipinski definition) is 1. The van der Waals surface area contributed by atoms with Crippen molar-refractivity contribution in [1.29, 1.82) is 0 Å². The largest absolute Gasteiger partial charge is 0.505 e. The van der Waals surface area contributed by atoms with Crippen LogP contribution in [0.4, 0.5) is 13.2 Å². The number of hydrogen-bond donors (Lipinski definition) is 1. The van der Waals surface area contributed by atoms with Crippen LogP contribution in [0.5, 0.6) is 5.75 Å². The second-order valence-electron chi connectivity index (χ2n) is 5.65. The first-order chi connectivity index (χ1) is 11.5. The van der Waals surface area contributed by atoms with Gasteiger partial charge in [0.2, 0.25) is 0 Å². The van der Waals surface area contributed by atoms with Crippen LogP contribution >= 0.6 is 0 Å². The summed E-state index contributed by atoms with van der Waals surface area (Å²) in [7, 11) is 0. The van der Waals surface area contributed by atoms with Crippen molar-refractivity contribution in [3.05, 3.63) is 101 Å². The highest BCUT2D eigenvalue weighted by Crippen LogP contribution is 2.31. The van der Waals surface area contributed by atoms with Gasteiger partial charge in [0.15, 0.2) is 11.6 Å². The summed E-state index contributed by atoms with van der Waals surface area (Å²) in [5, 5.41) is 9.39. The maximum atomic E-state index is 13.8. The molecule has 0 heterocycles. The predicted octanol–water partition coefficient (Wildman–Crippen LogP) is 5.18. The Morgan fingerprint density at radius 2 is 1.25 bits per heavy atom. The van der Waals surface area contributed by atoms with E-state index in [1.807, 2.05) is 0 Å². The minimum atomic E-state index is -0.710. The molecule has 0 aliphatic rings. The SMILES string of the molecule is Oc1ccc(C(Cc2ccc(F)cc2)c2ccc(F)cc2)cc1F. The topological polar surface area (TPSA) is 20.2 Å². The summed E-state index contributed by atoms with van der Waals surface area (Å²) in [5.74, 6) is -2.05. The van der Waals surface area contributed by atoms with E-state index in [-0.39, 0.29) is 17.6 Å². The zero-order chi connectivity index (χ0) is 17.1. The average Bonchev–Trinajstić information content (AvgIpc) is 2.58. The highest BCUT2D eigenvalue weighted by atomic mass is 19.1. The van der Waals surface area contributed by atoms with E-state index in [0.29, 0.717) is 12.0 Å². The van der Waals surface area contributed by atoms with Crippen LogP contribution in [0.3, 0.4) is 0 Å². The first-order valence-corrected chi connectivity index (χ1v) is 7.51. The van der Waals surface area contributed by atoms with E-state index >= 15 is 0 Å². The molecule has 3 aromatic carbocycles. The van der Waals surface area contributed by atoms with Crippen molar-refractivity contribution in [2.24, 2.45) is 0 Å². The summed E-state index contributed by atoms with van der Waals surface area (Å²) in [6, 6.07) is 16.3. The van der Waals surface area contributed by atoms with E-state index < -0.39 is 11.6 Å². The lowest BCUT2D eigenvalue weighted by molar-refractivity contribution is 0.431. The maximum Gasteiger partial charge on any atom is 0.165 e. The fraction of sp³-hybridized carbons (Fsp3) is 0.100. The third-order valence-electron chi connectivity index (χ3n) is 4.00. The number of aromatic hydroxyl groups is 1. The van der Waals surface area contributed by atoms with Crippen LogP contribution in [0.25, 0.3) is 0 Å². The summed E-state index contributed by atoms with van der Waals surface area (Å²) in [4.78, 5) is 0. The molecule has 1 atom stereocenters. The van der Waals surface area contributed by atoms with E-state index in [4.69, 9.17) is 0 Å². The molecule has 0 aromatic heterocycles. The van der Waals surface area contributed by atoms with E-state index in [0.717, 1.165) is 11.1 Å². The minimum absolute atomic E-state index is 0.244. The Bertz CT molecular complexity index is 827. The van der Waals surface area contributed by atoms with Gasteiger partial charge in [0, 0.05) is 5.92 Å². The molecule has 24 heavy (non-hydrogen) atoms. The number of phenolic OH excluding ortho intramolecular Hbond substituents is 1. The monoisotopic (exact) mass is 328 g/mol. The molecular weight excluding hydrogens is 313 g/mol. The summed E-state index contributed by atoms with van der Waals surface area (Å²) in [6.07, 6.45) is 0.496. The Labute approximate surface area is 138 Å². The van der Waals surface area contributed by atoms with Gasteiger partial charge >= 0.3 is 0 Å². The predicted molar refractivity (Wildman–Crippen MR) is 86.4 cm³/mol. The molecule has 122 valence electrons. The lowest BCUT2D eigenvalue weighted by Crippen LogP contribution is -2.06. The highest BCUT2D eigenvalue weighted by Gasteiger charge is 2.17. The van der Waals surface area contributed by atoms with Crippen LogP contribution in [0.2, 0.25) is 0 Å². The molecule has 0 saturated heterocycles. The number of halogens is 3. The van der Waals surface area contributed by atoms with E-state index in [1.165, 1.54) is 36.4 Å². The van der Waals surface area contributed by atoms with Gasteiger partial charge in [-0.15, -0.1) is 0 Å². The van der Waals surface area contributed by atoms with Crippen molar-refractivity contribution >= 4 is 0 Å². The van der Waals surface area contributed by atoms with Crippen LogP contribution in [-0.2, 0) is 6.42 Å². The molecule has 0 amide bonds. The van der Waals surface area contributed by atoms with E-state index in [9.17, 15) is 18.3 Å². The van der Waals surface area contributed by atoms with Crippen molar-refractivity contribution in [2.45, 2.75) is 12.3 Å². The van der Waals surface area contributed by atoms with Gasteiger partial charge < -0.3 is 5.11 Å². The van der Waals surface area contributed by atoms with Crippen LogP contribution in [0.1, 0.15) is 22.6 Å². The molecule has 3 rings (SSSR count). The normalized spacial score (nSPS) is 12.1. The van der Waals surface area contributed by atoms with Gasteiger partial charge in [-0.25, -0.2) is 13.2 Å². The molecule has 4 heteroatoms. The first-order valence-electron chi connectivity index (χ1n) is 7.51. The van der Waals surface area contributed by atoms with Crippen molar-refractivity contribution < 1.29 is 18.3 Å².